The molecule has 4 saturated carbocycles. The fourth-order valence-electron chi connectivity index (χ4n) is 13.4. The molecule has 4 aliphatic heterocycles. The van der Waals surface area contributed by atoms with Crippen molar-refractivity contribution in [3.05, 3.63) is 0 Å². The molecule has 0 bridgehead atoms. The molecule has 0 unspecified atom stereocenters. The van der Waals surface area contributed by atoms with Crippen molar-refractivity contribution in [3.8, 4) is 0 Å². The van der Waals surface area contributed by atoms with Gasteiger partial charge in [0.05, 0.1) is 50.8 Å². The van der Waals surface area contributed by atoms with E-state index in [9.17, 15) is 45.6 Å². The molecule has 4 aliphatic carbocycles. The highest BCUT2D eigenvalue weighted by Crippen LogP contribution is 2.71. The minimum atomic E-state index is -1.95. The van der Waals surface area contributed by atoms with E-state index in [1.54, 1.807) is 0 Å². The molecule has 8 aliphatic rings. The molecule has 0 aromatic carbocycles. The molecule has 0 aromatic rings. The fourth-order valence-corrected chi connectivity index (χ4v) is 13.4. The van der Waals surface area contributed by atoms with Crippen LogP contribution in [0.15, 0.2) is 0 Å². The first-order chi connectivity index (χ1) is 27.5. The second-order valence-corrected chi connectivity index (χ2v) is 19.6. The third-order valence-electron chi connectivity index (χ3n) is 16.5. The number of fused-ring (bicyclic) bond motifs is 7. The van der Waals surface area contributed by atoms with Crippen molar-refractivity contribution < 1.29 is 83.9 Å². The Morgan fingerprint density at radius 1 is 0.810 bits per heavy atom. The standard InChI is InChI=1S/C41H66O17/c1-17-7-10-41(53-15-17)18(2)27-34(58-41)30(48)28-20-6-5-19-11-25(22(44)12-40(19,4)21(20)8-9-39(27,28)3)54-37-32(50)31(49)33(26(14-43)55-37)57-38-35(29(47)24(46)16-52-38)56-36(51)23(45)13-42/h17-35,37-38,42-50H,5-16H2,1-4H3/t17-,18+,19+,20-,21+,22-,23-,24-,25-,26-,27+,28-,29+,30+,31-,32-,33+,34-,35-,37-,38+,39-,40+,41-/m1/s1. The molecule has 1 spiro atoms. The van der Waals surface area contributed by atoms with Crippen LogP contribution in [0.1, 0.15) is 79.1 Å². The van der Waals surface area contributed by atoms with Gasteiger partial charge in [0.25, 0.3) is 0 Å². The molecule has 8 rings (SSSR count). The Balaban J connectivity index is 0.918. The van der Waals surface area contributed by atoms with Crippen LogP contribution < -0.4 is 0 Å². The molecule has 17 nitrogen and oxygen atoms in total. The summed E-state index contributed by atoms with van der Waals surface area (Å²) in [5.74, 6) is -0.295. The normalized spacial score (nSPS) is 55.9. The van der Waals surface area contributed by atoms with Crippen molar-refractivity contribution in [2.75, 3.05) is 26.4 Å². The van der Waals surface area contributed by atoms with Crippen molar-refractivity contribution >= 4 is 5.97 Å². The molecule has 332 valence electrons. The number of ether oxygens (including phenoxy) is 7. The average molecular weight is 831 g/mol. The topological polar surface area (TPSA) is 264 Å². The lowest BCUT2D eigenvalue weighted by atomic mass is 9.44. The smallest absolute Gasteiger partial charge is 0.337 e. The van der Waals surface area contributed by atoms with Crippen molar-refractivity contribution in [2.24, 2.45) is 52.3 Å². The number of aliphatic hydroxyl groups excluding tert-OH is 9. The number of hydrogen-bond donors (Lipinski definition) is 9. The van der Waals surface area contributed by atoms with Gasteiger partial charge in [0, 0.05) is 18.3 Å². The lowest BCUT2D eigenvalue weighted by Gasteiger charge is -2.62. The van der Waals surface area contributed by atoms with E-state index in [4.69, 9.17) is 38.3 Å². The SMILES string of the molecule is C[C@@H]1CC[C@@]2(OC1)O[C@H]1[C@@H](O)[C@H]3[C@@H]4CC[C@H]5C[C@@H](O[C@@H]6O[C@H](CO)[C@H](O[C@@H]7OC[C@@H](O)[C@H](O)[C@H]7OC(=O)[C@H](O)CO)[C@H](O)[C@H]6O)[C@H](O)C[C@]5(C)[C@H]4CC[C@]3(C)[C@H]1[C@@H]2C. The minimum absolute atomic E-state index is 0.0760. The Labute approximate surface area is 338 Å². The lowest BCUT2D eigenvalue weighted by Crippen LogP contribution is -2.64. The van der Waals surface area contributed by atoms with Crippen LogP contribution in [-0.4, -0.2) is 170 Å². The van der Waals surface area contributed by atoms with Gasteiger partial charge in [0.15, 0.2) is 30.6 Å². The molecular weight excluding hydrogens is 764 g/mol. The Hall–Kier alpha value is -1.13. The largest absolute Gasteiger partial charge is 0.452 e. The second kappa shape index (κ2) is 16.2. The van der Waals surface area contributed by atoms with Crippen LogP contribution in [0.2, 0.25) is 0 Å². The van der Waals surface area contributed by atoms with Crippen LogP contribution in [-0.2, 0) is 38.0 Å². The zero-order valence-electron chi connectivity index (χ0n) is 33.9. The Morgan fingerprint density at radius 3 is 2.26 bits per heavy atom. The zero-order chi connectivity index (χ0) is 41.6. The summed E-state index contributed by atoms with van der Waals surface area (Å²) in [6.45, 7) is 7.62. The fraction of sp³-hybridized carbons (Fsp3) is 0.976. The van der Waals surface area contributed by atoms with Crippen LogP contribution in [0, 0.1) is 52.3 Å². The highest BCUT2D eigenvalue weighted by molar-refractivity contribution is 5.74. The first-order valence-electron chi connectivity index (χ1n) is 21.6. The van der Waals surface area contributed by atoms with Gasteiger partial charge in [0.1, 0.15) is 36.6 Å². The van der Waals surface area contributed by atoms with Gasteiger partial charge < -0.3 is 79.1 Å². The molecule has 8 fully saturated rings. The van der Waals surface area contributed by atoms with Gasteiger partial charge in [0.2, 0.25) is 0 Å². The van der Waals surface area contributed by atoms with E-state index in [0.29, 0.717) is 25.4 Å². The van der Waals surface area contributed by atoms with Gasteiger partial charge in [-0.2, -0.15) is 0 Å². The van der Waals surface area contributed by atoms with Crippen LogP contribution >= 0.6 is 0 Å². The van der Waals surface area contributed by atoms with E-state index in [-0.39, 0.29) is 52.4 Å². The molecule has 0 radical (unpaired) electrons. The van der Waals surface area contributed by atoms with Crippen LogP contribution in [0.3, 0.4) is 0 Å². The maximum absolute atomic E-state index is 12.2. The number of carbonyl (C=O) groups excluding carboxylic acids is 1. The molecule has 0 amide bonds. The molecular formula is C41H66O17. The third kappa shape index (κ3) is 7.00. The zero-order valence-corrected chi connectivity index (χ0v) is 33.9. The summed E-state index contributed by atoms with van der Waals surface area (Å²) >= 11 is 0. The molecule has 24 atom stereocenters. The number of aliphatic hydroxyl groups is 9. The van der Waals surface area contributed by atoms with Gasteiger partial charge in [-0.25, -0.2) is 4.79 Å². The van der Waals surface area contributed by atoms with Gasteiger partial charge in [-0.3, -0.25) is 0 Å². The highest BCUT2D eigenvalue weighted by Gasteiger charge is 2.72. The Bertz CT molecular complexity index is 1460. The summed E-state index contributed by atoms with van der Waals surface area (Å²) in [5, 5.41) is 96.3. The summed E-state index contributed by atoms with van der Waals surface area (Å²) in [4.78, 5) is 12.2. The number of hydrogen-bond acceptors (Lipinski definition) is 17. The van der Waals surface area contributed by atoms with Crippen molar-refractivity contribution in [1.82, 2.24) is 0 Å². The van der Waals surface area contributed by atoms with Gasteiger partial charge in [-0.1, -0.05) is 27.7 Å². The van der Waals surface area contributed by atoms with E-state index in [2.05, 4.69) is 27.7 Å². The first kappa shape index (κ1) is 43.5. The predicted molar refractivity (Wildman–Crippen MR) is 197 cm³/mol. The van der Waals surface area contributed by atoms with Gasteiger partial charge in [-0.15, -0.1) is 0 Å². The molecule has 4 saturated heterocycles. The third-order valence-corrected chi connectivity index (χ3v) is 16.5. The van der Waals surface area contributed by atoms with Gasteiger partial charge in [-0.05, 0) is 85.4 Å². The maximum atomic E-state index is 12.2. The lowest BCUT2D eigenvalue weighted by molar-refractivity contribution is -0.358. The van der Waals surface area contributed by atoms with Crippen molar-refractivity contribution in [3.63, 3.8) is 0 Å². The summed E-state index contributed by atoms with van der Waals surface area (Å²) < 4.78 is 41.8. The quantitative estimate of drug-likeness (QED) is 0.104. The van der Waals surface area contributed by atoms with Crippen LogP contribution in [0.25, 0.3) is 0 Å². The van der Waals surface area contributed by atoms with Gasteiger partial charge >= 0.3 is 5.97 Å². The summed E-state index contributed by atoms with van der Waals surface area (Å²) in [6, 6.07) is 0. The van der Waals surface area contributed by atoms with Crippen molar-refractivity contribution in [2.45, 2.75) is 171 Å². The molecule has 58 heavy (non-hydrogen) atoms. The Kier molecular flexibility index (Phi) is 12.2. The molecule has 9 N–H and O–H groups in total. The van der Waals surface area contributed by atoms with Crippen molar-refractivity contribution in [1.29, 1.82) is 0 Å². The first-order valence-corrected chi connectivity index (χ1v) is 21.6. The van der Waals surface area contributed by atoms with E-state index in [1.165, 1.54) is 0 Å². The summed E-state index contributed by atoms with van der Waals surface area (Å²) in [6.07, 6.45) is -12.3. The predicted octanol–water partition coefficient (Wildman–Crippen LogP) is -1.07. The summed E-state index contributed by atoms with van der Waals surface area (Å²) in [5.41, 5.74) is -0.332. The van der Waals surface area contributed by atoms with Crippen LogP contribution in [0.4, 0.5) is 0 Å². The molecule has 0 aromatic heterocycles. The highest BCUT2D eigenvalue weighted by atomic mass is 16.7. The number of esters is 1. The minimum Gasteiger partial charge on any atom is -0.452 e. The van der Waals surface area contributed by atoms with E-state index < -0.39 is 111 Å². The van der Waals surface area contributed by atoms with Crippen LogP contribution in [0.5, 0.6) is 0 Å². The molecule has 17 heteroatoms. The monoisotopic (exact) mass is 830 g/mol. The summed E-state index contributed by atoms with van der Waals surface area (Å²) in [7, 11) is 0. The molecule has 4 heterocycles. The number of rotatable bonds is 8. The van der Waals surface area contributed by atoms with E-state index >= 15 is 0 Å². The second-order valence-electron chi connectivity index (χ2n) is 19.6. The maximum Gasteiger partial charge on any atom is 0.337 e. The number of carbonyl (C=O) groups is 1. The van der Waals surface area contributed by atoms with E-state index in [0.717, 1.165) is 38.5 Å². The Morgan fingerprint density at radius 2 is 1.57 bits per heavy atom. The van der Waals surface area contributed by atoms with E-state index in [1.807, 2.05) is 0 Å². The average Bonchev–Trinajstić information content (AvgIpc) is 3.61.